The van der Waals surface area contributed by atoms with Crippen molar-refractivity contribution in [3.05, 3.63) is 11.6 Å². The number of methoxy groups -OCH3 is 1. The van der Waals surface area contributed by atoms with Crippen LogP contribution in [0.3, 0.4) is 0 Å². The first-order chi connectivity index (χ1) is 10.3. The maximum atomic E-state index is 12.0. The van der Waals surface area contributed by atoms with Crippen LogP contribution in [0.2, 0.25) is 0 Å². The van der Waals surface area contributed by atoms with Crippen molar-refractivity contribution in [3.8, 4) is 0 Å². The quantitative estimate of drug-likeness (QED) is 0.696. The summed E-state index contributed by atoms with van der Waals surface area (Å²) in [5.41, 5.74) is 0.684. The third-order valence-corrected chi connectivity index (χ3v) is 5.88. The van der Waals surface area contributed by atoms with Crippen LogP contribution < -0.4 is 0 Å². The molecule has 124 valence electrons. The van der Waals surface area contributed by atoms with Gasteiger partial charge in [0.15, 0.2) is 5.79 Å². The van der Waals surface area contributed by atoms with Crippen molar-refractivity contribution >= 4 is 5.97 Å². The van der Waals surface area contributed by atoms with E-state index in [1.807, 2.05) is 0 Å². The highest BCUT2D eigenvalue weighted by Crippen LogP contribution is 2.58. The van der Waals surface area contributed by atoms with E-state index in [2.05, 4.69) is 26.8 Å². The molecule has 4 nitrogen and oxygen atoms in total. The van der Waals surface area contributed by atoms with Crippen molar-refractivity contribution in [1.82, 2.24) is 0 Å². The summed E-state index contributed by atoms with van der Waals surface area (Å²) in [5.74, 6) is -0.244. The molecule has 4 heteroatoms. The Hall–Kier alpha value is -0.870. The summed E-state index contributed by atoms with van der Waals surface area (Å²) < 4.78 is 17.6. The molecule has 0 aromatic heterocycles. The van der Waals surface area contributed by atoms with E-state index in [-0.39, 0.29) is 16.8 Å². The van der Waals surface area contributed by atoms with Crippen molar-refractivity contribution in [2.24, 2.45) is 16.7 Å². The molecular weight excluding hydrogens is 280 g/mol. The molecule has 3 rings (SSSR count). The Morgan fingerprint density at radius 1 is 1.27 bits per heavy atom. The van der Waals surface area contributed by atoms with Gasteiger partial charge in [-0.25, -0.2) is 4.79 Å². The summed E-state index contributed by atoms with van der Waals surface area (Å²) in [7, 11) is 1.45. The lowest BCUT2D eigenvalue weighted by Gasteiger charge is -2.59. The number of carbonyl (C=O) groups excluding carboxylic acids is 1. The van der Waals surface area contributed by atoms with E-state index in [9.17, 15) is 4.79 Å². The zero-order valence-electron chi connectivity index (χ0n) is 14.2. The van der Waals surface area contributed by atoms with Gasteiger partial charge in [-0.3, -0.25) is 0 Å². The van der Waals surface area contributed by atoms with E-state index in [0.717, 1.165) is 24.8 Å². The fourth-order valence-corrected chi connectivity index (χ4v) is 4.37. The van der Waals surface area contributed by atoms with Gasteiger partial charge in [0.1, 0.15) is 0 Å². The highest BCUT2D eigenvalue weighted by Gasteiger charge is 2.60. The molecule has 22 heavy (non-hydrogen) atoms. The largest absolute Gasteiger partial charge is 0.466 e. The van der Waals surface area contributed by atoms with Crippen LogP contribution in [0.25, 0.3) is 0 Å². The molecule has 1 saturated heterocycles. The minimum Gasteiger partial charge on any atom is -0.466 e. The Morgan fingerprint density at radius 2 is 1.95 bits per heavy atom. The highest BCUT2D eigenvalue weighted by molar-refractivity contribution is 5.88. The Labute approximate surface area is 133 Å². The van der Waals surface area contributed by atoms with Gasteiger partial charge in [0.05, 0.1) is 20.3 Å². The van der Waals surface area contributed by atoms with Crippen LogP contribution in [0.1, 0.15) is 52.9 Å². The smallest absolute Gasteiger partial charge is 0.333 e. The molecule has 3 aliphatic rings. The fraction of sp³-hybridized carbons (Fsp3) is 0.833. The van der Waals surface area contributed by atoms with Crippen molar-refractivity contribution in [2.75, 3.05) is 20.3 Å². The molecular formula is C18H28O4. The molecule has 2 fully saturated rings. The monoisotopic (exact) mass is 308 g/mol. The number of carbonyl (C=O) groups is 1. The second kappa shape index (κ2) is 5.34. The summed E-state index contributed by atoms with van der Waals surface area (Å²) >= 11 is 0. The molecule has 1 aliphatic heterocycles. The lowest BCUT2D eigenvalue weighted by Crippen LogP contribution is -2.62. The third kappa shape index (κ3) is 2.41. The van der Waals surface area contributed by atoms with Crippen LogP contribution in [0.4, 0.5) is 0 Å². The van der Waals surface area contributed by atoms with Crippen LogP contribution in [0, 0.1) is 16.7 Å². The summed E-state index contributed by atoms with van der Waals surface area (Å²) in [6.45, 7) is 8.01. The number of allylic oxidation sites excluding steroid dienone is 1. The molecule has 0 radical (unpaired) electrons. The maximum absolute atomic E-state index is 12.0. The van der Waals surface area contributed by atoms with Crippen molar-refractivity contribution in [1.29, 1.82) is 0 Å². The van der Waals surface area contributed by atoms with Gasteiger partial charge in [-0.15, -0.1) is 0 Å². The molecule has 0 bridgehead atoms. The first kappa shape index (κ1) is 16.0. The normalized spacial score (nSPS) is 36.4. The molecule has 0 aromatic rings. The topological polar surface area (TPSA) is 44.8 Å². The minimum atomic E-state index is -0.543. The van der Waals surface area contributed by atoms with Gasteiger partial charge in [-0.1, -0.05) is 26.8 Å². The maximum Gasteiger partial charge on any atom is 0.333 e. The zero-order valence-corrected chi connectivity index (χ0v) is 14.2. The summed E-state index contributed by atoms with van der Waals surface area (Å²) in [5, 5.41) is 0. The molecule has 2 atom stereocenters. The molecule has 0 unspecified atom stereocenters. The first-order valence-electron chi connectivity index (χ1n) is 8.37. The number of rotatable bonds is 1. The molecule has 2 aliphatic carbocycles. The third-order valence-electron chi connectivity index (χ3n) is 5.88. The average Bonchev–Trinajstić information content (AvgIpc) is 2.49. The van der Waals surface area contributed by atoms with Gasteiger partial charge < -0.3 is 14.2 Å². The van der Waals surface area contributed by atoms with Crippen molar-refractivity contribution < 1.29 is 19.0 Å². The molecule has 1 heterocycles. The van der Waals surface area contributed by atoms with Crippen molar-refractivity contribution in [3.63, 3.8) is 0 Å². The predicted octanol–water partition coefficient (Wildman–Crippen LogP) is 3.46. The van der Waals surface area contributed by atoms with Crippen LogP contribution in [0.5, 0.6) is 0 Å². The van der Waals surface area contributed by atoms with Gasteiger partial charge in [0, 0.05) is 22.8 Å². The van der Waals surface area contributed by atoms with E-state index in [4.69, 9.17) is 14.2 Å². The summed E-state index contributed by atoms with van der Waals surface area (Å²) in [4.78, 5) is 12.0. The standard InChI is InChI=1S/C18H28O4/c1-16(2)11-21-18(22-12-16)9-5-6-14-8-7-13(15(19)20-4)10-17(14,18)3/h7,14H,5-6,8-12H2,1-4H3/t14-,17+/m1/s1. The second-order valence-electron chi connectivity index (χ2n) is 8.13. The number of ether oxygens (including phenoxy) is 3. The summed E-state index contributed by atoms with van der Waals surface area (Å²) in [6, 6.07) is 0. The van der Waals surface area contributed by atoms with E-state index in [1.54, 1.807) is 0 Å². The molecule has 1 spiro atoms. The number of fused-ring (bicyclic) bond motifs is 2. The van der Waals surface area contributed by atoms with Crippen molar-refractivity contribution in [2.45, 2.75) is 58.7 Å². The fourth-order valence-electron chi connectivity index (χ4n) is 4.37. The van der Waals surface area contributed by atoms with E-state index >= 15 is 0 Å². The Bertz CT molecular complexity index is 483. The van der Waals surface area contributed by atoms with Crippen LogP contribution in [0.15, 0.2) is 11.6 Å². The molecule has 0 N–H and O–H groups in total. The Kier molecular flexibility index (Phi) is 3.89. The SMILES string of the molecule is COC(=O)C1=CC[C@H]2CCCC3(OCC(C)(C)CO3)[C@@]2(C)C1. The van der Waals surface area contributed by atoms with Gasteiger partial charge in [-0.05, 0) is 31.6 Å². The molecule has 0 amide bonds. The first-order valence-corrected chi connectivity index (χ1v) is 8.37. The minimum absolute atomic E-state index is 0.0598. The van der Waals surface area contributed by atoms with E-state index in [0.29, 0.717) is 25.6 Å². The average molecular weight is 308 g/mol. The van der Waals surface area contributed by atoms with Gasteiger partial charge in [-0.2, -0.15) is 0 Å². The number of hydrogen-bond acceptors (Lipinski definition) is 4. The summed E-state index contributed by atoms with van der Waals surface area (Å²) in [6.07, 6.45) is 6.89. The van der Waals surface area contributed by atoms with Crippen LogP contribution in [-0.2, 0) is 19.0 Å². The number of hydrogen-bond donors (Lipinski definition) is 0. The van der Waals surface area contributed by atoms with Gasteiger partial charge in [0.25, 0.3) is 0 Å². The van der Waals surface area contributed by atoms with Crippen LogP contribution >= 0.6 is 0 Å². The Balaban J connectivity index is 1.89. The van der Waals surface area contributed by atoms with Gasteiger partial charge in [0.2, 0.25) is 0 Å². The Morgan fingerprint density at radius 3 is 2.59 bits per heavy atom. The predicted molar refractivity (Wildman–Crippen MR) is 83.2 cm³/mol. The van der Waals surface area contributed by atoms with Gasteiger partial charge >= 0.3 is 5.97 Å². The zero-order chi connectivity index (χ0) is 16.0. The van der Waals surface area contributed by atoms with Crippen LogP contribution in [-0.4, -0.2) is 32.1 Å². The lowest BCUT2D eigenvalue weighted by atomic mass is 9.57. The van der Waals surface area contributed by atoms with E-state index < -0.39 is 5.79 Å². The molecule has 1 saturated carbocycles. The number of esters is 1. The molecule has 0 aromatic carbocycles. The highest BCUT2D eigenvalue weighted by atomic mass is 16.7. The second-order valence-corrected chi connectivity index (χ2v) is 8.13. The van der Waals surface area contributed by atoms with E-state index in [1.165, 1.54) is 13.5 Å². The lowest BCUT2D eigenvalue weighted by molar-refractivity contribution is -0.366.